The number of nitrogens with one attached hydrogen (secondary N) is 2. The van der Waals surface area contributed by atoms with Crippen molar-refractivity contribution in [3.63, 3.8) is 0 Å². The fraction of sp³-hybridized carbons (Fsp3) is 0.333. The smallest absolute Gasteiger partial charge is 0.227 e. The molecule has 1 aliphatic heterocycles. The molecule has 0 bridgehead atoms. The first-order chi connectivity index (χ1) is 15.8. The number of benzene rings is 1. The number of halogens is 1. The zero-order chi connectivity index (χ0) is 23.4. The molecule has 1 aromatic carbocycles. The van der Waals surface area contributed by atoms with Crippen LogP contribution in [0.3, 0.4) is 0 Å². The van der Waals surface area contributed by atoms with Crippen LogP contribution < -0.4 is 15.5 Å². The van der Waals surface area contributed by atoms with Gasteiger partial charge < -0.3 is 15.5 Å². The third-order valence-corrected chi connectivity index (χ3v) is 6.58. The Bertz CT molecular complexity index is 1190. The van der Waals surface area contributed by atoms with Gasteiger partial charge in [-0.2, -0.15) is 14.3 Å². The molecule has 0 radical (unpaired) electrons. The lowest BCUT2D eigenvalue weighted by Gasteiger charge is -2.34. The minimum atomic E-state index is -3.23. The van der Waals surface area contributed by atoms with Crippen LogP contribution in [0.5, 0.6) is 0 Å². The number of piperazine rings is 1. The Kier molecular flexibility index (Phi) is 6.65. The van der Waals surface area contributed by atoms with Crippen LogP contribution in [0.4, 0.5) is 27.8 Å². The van der Waals surface area contributed by atoms with E-state index >= 15 is 0 Å². The molecule has 0 amide bonds. The van der Waals surface area contributed by atoms with Crippen LogP contribution in [-0.2, 0) is 10.0 Å². The summed E-state index contributed by atoms with van der Waals surface area (Å²) in [6.45, 7) is 3.70. The van der Waals surface area contributed by atoms with E-state index in [1.54, 1.807) is 36.8 Å². The van der Waals surface area contributed by atoms with E-state index in [9.17, 15) is 12.8 Å². The first kappa shape index (κ1) is 22.8. The van der Waals surface area contributed by atoms with E-state index in [1.807, 2.05) is 11.8 Å². The number of hydrogen-bond acceptors (Lipinski definition) is 9. The summed E-state index contributed by atoms with van der Waals surface area (Å²) in [5, 5.41) is 6.39. The fourth-order valence-corrected chi connectivity index (χ4v) is 4.32. The maximum absolute atomic E-state index is 13.3. The highest BCUT2D eigenvalue weighted by molar-refractivity contribution is 7.88. The molecule has 0 saturated carbocycles. The zero-order valence-electron chi connectivity index (χ0n) is 18.3. The van der Waals surface area contributed by atoms with Gasteiger partial charge in [-0.25, -0.2) is 17.8 Å². The lowest BCUT2D eigenvalue weighted by atomic mass is 10.1. The monoisotopic (exact) mass is 472 g/mol. The Morgan fingerprint density at radius 3 is 2.39 bits per heavy atom. The molecule has 1 saturated heterocycles. The second-order valence-corrected chi connectivity index (χ2v) is 9.70. The van der Waals surface area contributed by atoms with Crippen LogP contribution in [0.1, 0.15) is 18.5 Å². The lowest BCUT2D eigenvalue weighted by Crippen LogP contribution is -2.48. The molecule has 0 unspecified atom stereocenters. The SMILES string of the molecule is C[C@H](Nc1nc(Nc2cnccn2)cc(N2CCN(S(C)(=O)=O)CC2)n1)c1ccc(F)cc1. The maximum Gasteiger partial charge on any atom is 0.227 e. The highest BCUT2D eigenvalue weighted by atomic mass is 32.2. The van der Waals surface area contributed by atoms with Crippen molar-refractivity contribution in [1.82, 2.24) is 24.2 Å². The van der Waals surface area contributed by atoms with Crippen molar-refractivity contribution < 1.29 is 12.8 Å². The van der Waals surface area contributed by atoms with Gasteiger partial charge in [-0.3, -0.25) is 4.98 Å². The quantitative estimate of drug-likeness (QED) is 0.535. The molecule has 33 heavy (non-hydrogen) atoms. The van der Waals surface area contributed by atoms with Crippen molar-refractivity contribution in [2.45, 2.75) is 13.0 Å². The van der Waals surface area contributed by atoms with Crippen molar-refractivity contribution in [3.05, 3.63) is 60.3 Å². The second kappa shape index (κ2) is 9.63. The molecule has 1 aliphatic rings. The summed E-state index contributed by atoms with van der Waals surface area (Å²) in [5.74, 6) is 1.77. The van der Waals surface area contributed by atoms with Crippen molar-refractivity contribution in [3.8, 4) is 0 Å². The van der Waals surface area contributed by atoms with Gasteiger partial charge in [0.1, 0.15) is 23.3 Å². The minimum absolute atomic E-state index is 0.174. The normalized spacial score (nSPS) is 15.8. The first-order valence-corrected chi connectivity index (χ1v) is 12.3. The average molecular weight is 473 g/mol. The Balaban J connectivity index is 1.58. The van der Waals surface area contributed by atoms with Crippen LogP contribution in [0.2, 0.25) is 0 Å². The predicted octanol–water partition coefficient (Wildman–Crippen LogP) is 2.40. The highest BCUT2D eigenvalue weighted by Crippen LogP contribution is 2.24. The van der Waals surface area contributed by atoms with Gasteiger partial charge in [-0.05, 0) is 24.6 Å². The Labute approximate surface area is 192 Å². The van der Waals surface area contributed by atoms with Gasteiger partial charge in [0, 0.05) is 44.6 Å². The summed E-state index contributed by atoms with van der Waals surface area (Å²) in [7, 11) is -3.23. The van der Waals surface area contributed by atoms with Crippen LogP contribution in [0.25, 0.3) is 0 Å². The molecule has 1 atom stereocenters. The number of anilines is 4. The standard InChI is InChI=1S/C21H25FN8O2S/c1-15(16-3-5-17(22)6-4-16)25-21-27-18(26-19-14-23-7-8-24-19)13-20(28-21)29-9-11-30(12-10-29)33(2,31)32/h3-8,13-15H,9-12H2,1-2H3,(H2,24,25,26,27,28)/t15-/m0/s1. The molecule has 174 valence electrons. The Hall–Kier alpha value is -3.38. The molecule has 4 rings (SSSR count). The third kappa shape index (κ3) is 5.90. The van der Waals surface area contributed by atoms with Crippen LogP contribution >= 0.6 is 0 Å². The van der Waals surface area contributed by atoms with E-state index in [-0.39, 0.29) is 11.9 Å². The van der Waals surface area contributed by atoms with Gasteiger partial charge >= 0.3 is 0 Å². The molecule has 3 heterocycles. The van der Waals surface area contributed by atoms with Crippen molar-refractivity contribution in [2.75, 3.05) is 48.0 Å². The fourth-order valence-electron chi connectivity index (χ4n) is 3.50. The van der Waals surface area contributed by atoms with Gasteiger partial charge in [0.05, 0.1) is 18.5 Å². The van der Waals surface area contributed by atoms with E-state index in [0.29, 0.717) is 49.6 Å². The summed E-state index contributed by atoms with van der Waals surface area (Å²) < 4.78 is 38.4. The van der Waals surface area contributed by atoms with Gasteiger partial charge in [0.25, 0.3) is 0 Å². The molecule has 12 heteroatoms. The van der Waals surface area contributed by atoms with E-state index in [0.717, 1.165) is 5.56 Å². The molecular formula is C21H25FN8O2S. The molecule has 2 aromatic heterocycles. The number of aromatic nitrogens is 4. The largest absolute Gasteiger partial charge is 0.354 e. The number of rotatable bonds is 7. The number of sulfonamides is 1. The molecular weight excluding hydrogens is 447 g/mol. The summed E-state index contributed by atoms with van der Waals surface area (Å²) in [4.78, 5) is 19.5. The highest BCUT2D eigenvalue weighted by Gasteiger charge is 2.25. The van der Waals surface area contributed by atoms with E-state index in [4.69, 9.17) is 0 Å². The van der Waals surface area contributed by atoms with E-state index in [1.165, 1.54) is 22.7 Å². The lowest BCUT2D eigenvalue weighted by molar-refractivity contribution is 0.387. The van der Waals surface area contributed by atoms with Crippen LogP contribution in [0, 0.1) is 5.82 Å². The molecule has 3 aromatic rings. The summed E-state index contributed by atoms with van der Waals surface area (Å²) >= 11 is 0. The Morgan fingerprint density at radius 2 is 1.76 bits per heavy atom. The van der Waals surface area contributed by atoms with Gasteiger partial charge in [0.15, 0.2) is 0 Å². The topological polar surface area (TPSA) is 116 Å². The van der Waals surface area contributed by atoms with Crippen molar-refractivity contribution in [1.29, 1.82) is 0 Å². The second-order valence-electron chi connectivity index (χ2n) is 7.72. The van der Waals surface area contributed by atoms with Gasteiger partial charge in [0.2, 0.25) is 16.0 Å². The maximum atomic E-state index is 13.3. The predicted molar refractivity (Wildman–Crippen MR) is 124 cm³/mol. The van der Waals surface area contributed by atoms with Crippen molar-refractivity contribution >= 4 is 33.4 Å². The van der Waals surface area contributed by atoms with Crippen LogP contribution in [0.15, 0.2) is 48.9 Å². The molecule has 2 N–H and O–H groups in total. The average Bonchev–Trinajstić information content (AvgIpc) is 2.79. The summed E-state index contributed by atoms with van der Waals surface area (Å²) in [5.41, 5.74) is 0.885. The molecule has 0 spiro atoms. The van der Waals surface area contributed by atoms with Gasteiger partial charge in [-0.1, -0.05) is 12.1 Å². The Morgan fingerprint density at radius 1 is 1.03 bits per heavy atom. The van der Waals surface area contributed by atoms with Crippen molar-refractivity contribution in [2.24, 2.45) is 0 Å². The minimum Gasteiger partial charge on any atom is -0.354 e. The third-order valence-electron chi connectivity index (χ3n) is 5.28. The van der Waals surface area contributed by atoms with Gasteiger partial charge in [-0.15, -0.1) is 0 Å². The molecule has 0 aliphatic carbocycles. The molecule has 1 fully saturated rings. The molecule has 10 nitrogen and oxygen atoms in total. The summed E-state index contributed by atoms with van der Waals surface area (Å²) in [6, 6.07) is 7.85. The first-order valence-electron chi connectivity index (χ1n) is 10.4. The zero-order valence-corrected chi connectivity index (χ0v) is 19.1. The number of nitrogens with zero attached hydrogens (tertiary/aromatic N) is 6. The van der Waals surface area contributed by atoms with Crippen LogP contribution in [-0.4, -0.2) is 65.1 Å². The summed E-state index contributed by atoms with van der Waals surface area (Å²) in [6.07, 6.45) is 5.95. The van der Waals surface area contributed by atoms with E-state index < -0.39 is 10.0 Å². The van der Waals surface area contributed by atoms with E-state index in [2.05, 4.69) is 30.6 Å². The number of hydrogen-bond donors (Lipinski definition) is 2.